The molecule has 0 bridgehead atoms. The minimum absolute atomic E-state index is 0.0565. The number of aliphatic imine (C=N–C) groups is 2. The number of phenols is 2. The van der Waals surface area contributed by atoms with Gasteiger partial charge in [0.05, 0.1) is 24.6 Å². The summed E-state index contributed by atoms with van der Waals surface area (Å²) in [6.45, 7) is 6.74. The molecule has 5 aromatic rings. The molecular weight excluding hydrogens is 821 g/mol. The van der Waals surface area contributed by atoms with Gasteiger partial charge < -0.3 is 29.2 Å². The Kier molecular flexibility index (Phi) is 24.2. The average molecular weight is 897 g/mol. The third-order valence-electron chi connectivity index (χ3n) is 11.8. The van der Waals surface area contributed by atoms with Crippen LogP contribution in [0.25, 0.3) is 0 Å². The van der Waals surface area contributed by atoms with Gasteiger partial charge in [0, 0.05) is 35.7 Å². The summed E-state index contributed by atoms with van der Waals surface area (Å²) in [5.41, 5.74) is 4.33. The van der Waals surface area contributed by atoms with Crippen molar-refractivity contribution in [1.29, 1.82) is 0 Å². The monoisotopic (exact) mass is 897 g/mol. The quantitative estimate of drug-likeness (QED) is 0.0315. The van der Waals surface area contributed by atoms with E-state index < -0.39 is 0 Å². The number of benzene rings is 5. The summed E-state index contributed by atoms with van der Waals surface area (Å²) in [4.78, 5) is 9.26. The highest BCUT2D eigenvalue weighted by molar-refractivity contribution is 5.89. The number of hydrogen-bond acceptors (Lipinski definition) is 8. The van der Waals surface area contributed by atoms with E-state index in [1.165, 1.54) is 116 Å². The maximum Gasteiger partial charge on any atom is 0.128 e. The molecule has 0 aliphatic heterocycles. The lowest BCUT2D eigenvalue weighted by Crippen LogP contribution is -1.99. The van der Waals surface area contributed by atoms with E-state index in [-0.39, 0.29) is 11.5 Å². The minimum Gasteiger partial charge on any atom is -0.507 e. The van der Waals surface area contributed by atoms with Gasteiger partial charge in [-0.15, -0.1) is 0 Å². The number of rotatable bonds is 34. The van der Waals surface area contributed by atoms with Crippen molar-refractivity contribution in [1.82, 2.24) is 0 Å². The summed E-state index contributed by atoms with van der Waals surface area (Å²) < 4.78 is 23.9. The predicted octanol–water partition coefficient (Wildman–Crippen LogP) is 16.4. The molecule has 8 heteroatoms. The molecule has 8 nitrogen and oxygen atoms in total. The zero-order chi connectivity index (χ0) is 46.3. The van der Waals surface area contributed by atoms with E-state index in [4.69, 9.17) is 18.9 Å². The molecule has 0 amide bonds. The van der Waals surface area contributed by atoms with Crippen LogP contribution in [0.5, 0.6) is 34.5 Å². The Morgan fingerprint density at radius 1 is 0.379 bits per heavy atom. The van der Waals surface area contributed by atoms with Gasteiger partial charge in [-0.25, -0.2) is 0 Å². The number of phenolic OH excluding ortho intramolecular Hbond substituents is 2. The van der Waals surface area contributed by atoms with Crippen molar-refractivity contribution in [3.8, 4) is 34.5 Å². The highest BCUT2D eigenvalue weighted by Crippen LogP contribution is 2.30. The van der Waals surface area contributed by atoms with Gasteiger partial charge >= 0.3 is 0 Å². The molecule has 0 saturated heterocycles. The van der Waals surface area contributed by atoms with E-state index in [2.05, 4.69) is 23.8 Å². The number of ether oxygens (including phenoxy) is 4. The fourth-order valence-corrected chi connectivity index (χ4v) is 7.66. The first-order chi connectivity index (χ1) is 32.5. The molecule has 0 unspecified atom stereocenters. The van der Waals surface area contributed by atoms with Crippen molar-refractivity contribution in [2.45, 2.75) is 155 Å². The van der Waals surface area contributed by atoms with E-state index in [9.17, 15) is 10.2 Å². The number of para-hydroxylation sites is 2. The van der Waals surface area contributed by atoms with Gasteiger partial charge in [-0.1, -0.05) is 166 Å². The van der Waals surface area contributed by atoms with E-state index in [1.54, 1.807) is 36.7 Å². The largest absolute Gasteiger partial charge is 0.507 e. The van der Waals surface area contributed by atoms with Crippen LogP contribution in [0, 0.1) is 0 Å². The van der Waals surface area contributed by atoms with Gasteiger partial charge in [-0.2, -0.15) is 0 Å². The summed E-state index contributed by atoms with van der Waals surface area (Å²) in [5.74, 6) is 2.97. The molecule has 354 valence electrons. The van der Waals surface area contributed by atoms with Crippen LogP contribution >= 0.6 is 0 Å². The Morgan fingerprint density at radius 2 is 0.712 bits per heavy atom. The molecule has 0 fully saturated rings. The van der Waals surface area contributed by atoms with Crippen molar-refractivity contribution in [2.24, 2.45) is 9.98 Å². The molecule has 66 heavy (non-hydrogen) atoms. The molecule has 0 spiro atoms. The van der Waals surface area contributed by atoms with Crippen LogP contribution in [0.15, 0.2) is 119 Å². The van der Waals surface area contributed by atoms with Crippen LogP contribution in [0.3, 0.4) is 0 Å². The van der Waals surface area contributed by atoms with Crippen LogP contribution in [-0.2, 0) is 13.2 Å². The minimum atomic E-state index is 0.0565. The molecular formula is C58H76N2O6. The summed E-state index contributed by atoms with van der Waals surface area (Å²) >= 11 is 0. The first kappa shape index (κ1) is 51.2. The Bertz CT molecular complexity index is 1980. The second kappa shape index (κ2) is 31.2. The lowest BCUT2D eigenvalue weighted by molar-refractivity contribution is 0.299. The lowest BCUT2D eigenvalue weighted by Gasteiger charge is -2.10. The van der Waals surface area contributed by atoms with Gasteiger partial charge in [-0.05, 0) is 84.6 Å². The predicted molar refractivity (Wildman–Crippen MR) is 273 cm³/mol. The lowest BCUT2D eigenvalue weighted by atomic mass is 10.1. The maximum atomic E-state index is 10.8. The maximum absolute atomic E-state index is 10.8. The highest BCUT2D eigenvalue weighted by Gasteiger charge is 2.07. The highest BCUT2D eigenvalue weighted by atomic mass is 16.5. The summed E-state index contributed by atoms with van der Waals surface area (Å²) in [6, 6.07) is 33.8. The van der Waals surface area contributed by atoms with Crippen molar-refractivity contribution in [3.63, 3.8) is 0 Å². The zero-order valence-corrected chi connectivity index (χ0v) is 39.9. The Hall–Kier alpha value is -5.76. The fourth-order valence-electron chi connectivity index (χ4n) is 7.66. The molecule has 0 aromatic heterocycles. The van der Waals surface area contributed by atoms with E-state index in [1.807, 2.05) is 84.9 Å². The van der Waals surface area contributed by atoms with Gasteiger partial charge in [0.2, 0.25) is 0 Å². The first-order valence-electron chi connectivity index (χ1n) is 25.0. The molecule has 5 aromatic carbocycles. The van der Waals surface area contributed by atoms with Gasteiger partial charge in [-0.3, -0.25) is 9.98 Å². The number of nitrogens with zero attached hydrogens (tertiary/aromatic N) is 2. The van der Waals surface area contributed by atoms with Crippen molar-refractivity contribution in [2.75, 3.05) is 13.2 Å². The third-order valence-corrected chi connectivity index (χ3v) is 11.8. The van der Waals surface area contributed by atoms with E-state index in [0.29, 0.717) is 47.2 Å². The Labute approximate surface area is 396 Å². The summed E-state index contributed by atoms with van der Waals surface area (Å²) in [7, 11) is 0. The normalized spacial score (nSPS) is 11.4. The van der Waals surface area contributed by atoms with Crippen LogP contribution in [-0.4, -0.2) is 35.9 Å². The molecule has 0 radical (unpaired) electrons. The van der Waals surface area contributed by atoms with Crippen molar-refractivity contribution < 1.29 is 29.2 Å². The number of aromatic hydroxyl groups is 2. The molecule has 0 heterocycles. The van der Waals surface area contributed by atoms with Crippen molar-refractivity contribution in [3.05, 3.63) is 131 Å². The first-order valence-corrected chi connectivity index (χ1v) is 25.0. The summed E-state index contributed by atoms with van der Waals surface area (Å²) in [5, 5.41) is 21.6. The van der Waals surface area contributed by atoms with Gasteiger partial charge in [0.1, 0.15) is 47.7 Å². The van der Waals surface area contributed by atoms with Gasteiger partial charge in [0.25, 0.3) is 0 Å². The van der Waals surface area contributed by atoms with Gasteiger partial charge in [0.15, 0.2) is 0 Å². The van der Waals surface area contributed by atoms with E-state index >= 15 is 0 Å². The van der Waals surface area contributed by atoms with Crippen LogP contribution in [0.1, 0.15) is 165 Å². The molecule has 5 rings (SSSR count). The Morgan fingerprint density at radius 3 is 1.06 bits per heavy atom. The number of hydrogen-bond donors (Lipinski definition) is 2. The van der Waals surface area contributed by atoms with Crippen LogP contribution in [0.2, 0.25) is 0 Å². The molecule has 0 saturated carbocycles. The second-order valence-corrected chi connectivity index (χ2v) is 17.4. The molecule has 0 aliphatic carbocycles. The third kappa shape index (κ3) is 20.2. The molecule has 2 N–H and O–H groups in total. The Balaban J connectivity index is 0.996. The average Bonchev–Trinajstić information content (AvgIpc) is 3.34. The SMILES string of the molecule is CCCCCCCCCCCCOc1ccc(COc2ccc(C=Nc3ccccc3N=Cc3ccc(OCc4ccc(OCCCCCCCCCCCC)cc4)cc3O)c(O)c2)cc1. The standard InChI is InChI=1S/C58H76N2O6/c1-3-5-7-9-11-13-15-17-19-23-39-63-51-33-27-47(28-34-51)45-65-53-37-31-49(57(61)41-53)43-59-55-25-21-22-26-56(55)60-44-50-32-38-54(42-58(50)62)66-46-48-29-35-52(36-30-48)64-40-24-20-18-16-14-12-10-8-6-4-2/h21-22,25-38,41-44,61-62H,3-20,23-24,39-40,45-46H2,1-2H3. The van der Waals surface area contributed by atoms with Crippen LogP contribution < -0.4 is 18.9 Å². The smallest absolute Gasteiger partial charge is 0.128 e. The number of unbranched alkanes of at least 4 members (excludes halogenated alkanes) is 18. The van der Waals surface area contributed by atoms with Crippen LogP contribution in [0.4, 0.5) is 11.4 Å². The summed E-state index contributed by atoms with van der Waals surface area (Å²) in [6.07, 6.45) is 29.4. The fraction of sp³-hybridized carbons (Fsp3) is 0.448. The van der Waals surface area contributed by atoms with E-state index in [0.717, 1.165) is 48.7 Å². The zero-order valence-electron chi connectivity index (χ0n) is 39.9. The van der Waals surface area contributed by atoms with Crippen molar-refractivity contribution >= 4 is 23.8 Å². The second-order valence-electron chi connectivity index (χ2n) is 17.4. The molecule has 0 atom stereocenters. The molecule has 0 aliphatic rings. The topological polar surface area (TPSA) is 102 Å².